The molecular weight excluding hydrogens is 261 g/mol. The summed E-state index contributed by atoms with van der Waals surface area (Å²) in [7, 11) is 1.72. The number of alkyl halides is 3. The third-order valence-corrected chi connectivity index (χ3v) is 2.28. The highest BCUT2D eigenvalue weighted by Gasteiger charge is 2.34. The van der Waals surface area contributed by atoms with Crippen molar-refractivity contribution in [3.63, 3.8) is 0 Å². The van der Waals surface area contributed by atoms with Gasteiger partial charge >= 0.3 is 12.3 Å². The first kappa shape index (κ1) is 13.4. The molecule has 0 atom stereocenters. The molecule has 19 heavy (non-hydrogen) atoms. The van der Waals surface area contributed by atoms with Crippen molar-refractivity contribution in [3.8, 4) is 11.8 Å². The van der Waals surface area contributed by atoms with E-state index in [9.17, 15) is 13.2 Å². The Morgan fingerprint density at radius 3 is 2.74 bits per heavy atom. The Bertz CT molecular complexity index is 552. The Morgan fingerprint density at radius 2 is 2.05 bits per heavy atom. The molecule has 1 aromatic carbocycles. The Balaban J connectivity index is 2.23. The van der Waals surface area contributed by atoms with Gasteiger partial charge in [0.1, 0.15) is 12.0 Å². The summed E-state index contributed by atoms with van der Waals surface area (Å²) in [4.78, 5) is 3.90. The summed E-state index contributed by atoms with van der Waals surface area (Å²) in [5, 5.41) is 2.84. The van der Waals surface area contributed by atoms with Gasteiger partial charge in [0.25, 0.3) is 0 Å². The summed E-state index contributed by atoms with van der Waals surface area (Å²) >= 11 is 0. The van der Waals surface area contributed by atoms with Gasteiger partial charge in [-0.05, 0) is 19.2 Å². The van der Waals surface area contributed by atoms with Crippen molar-refractivity contribution < 1.29 is 22.3 Å². The van der Waals surface area contributed by atoms with Gasteiger partial charge in [0.15, 0.2) is 0 Å². The Kier molecular flexibility index (Phi) is 3.75. The lowest BCUT2D eigenvalue weighted by Crippen LogP contribution is -2.07. The van der Waals surface area contributed by atoms with Crippen LogP contribution in [0.5, 0.6) is 11.8 Å². The first-order valence-electron chi connectivity index (χ1n) is 5.44. The number of hydrogen-bond donors (Lipinski definition) is 1. The molecule has 1 N–H and O–H groups in total. The van der Waals surface area contributed by atoms with Gasteiger partial charge in [0.2, 0.25) is 0 Å². The number of hydrogen-bond acceptors (Lipinski definition) is 4. The van der Waals surface area contributed by atoms with Gasteiger partial charge in [-0.2, -0.15) is 18.2 Å². The third-order valence-electron chi connectivity index (χ3n) is 2.28. The number of nitrogens with zero attached hydrogens (tertiary/aromatic N) is 1. The summed E-state index contributed by atoms with van der Waals surface area (Å²) in [5.41, 5.74) is -0.328. The minimum atomic E-state index is -4.49. The van der Waals surface area contributed by atoms with Crippen LogP contribution in [0.15, 0.2) is 34.9 Å². The first-order chi connectivity index (χ1) is 9.00. The molecule has 0 amide bonds. The number of rotatable bonds is 4. The highest BCUT2D eigenvalue weighted by Crippen LogP contribution is 2.37. The van der Waals surface area contributed by atoms with Gasteiger partial charge in [-0.25, -0.2) is 0 Å². The fraction of sp³-hybridized carbons (Fsp3) is 0.250. The van der Waals surface area contributed by atoms with E-state index in [2.05, 4.69) is 10.3 Å². The number of benzene rings is 1. The monoisotopic (exact) mass is 272 g/mol. The van der Waals surface area contributed by atoms with E-state index in [-0.39, 0.29) is 11.8 Å². The second-order valence-corrected chi connectivity index (χ2v) is 3.73. The average molecular weight is 272 g/mol. The van der Waals surface area contributed by atoms with Crippen molar-refractivity contribution in [1.29, 1.82) is 0 Å². The predicted octanol–water partition coefficient (Wildman–Crippen LogP) is 3.21. The minimum Gasteiger partial charge on any atom is -0.417 e. The average Bonchev–Trinajstić information content (AvgIpc) is 2.76. The summed E-state index contributed by atoms with van der Waals surface area (Å²) < 4.78 is 48.2. The van der Waals surface area contributed by atoms with Crippen molar-refractivity contribution in [3.05, 3.63) is 41.8 Å². The van der Waals surface area contributed by atoms with E-state index in [0.717, 1.165) is 6.07 Å². The van der Waals surface area contributed by atoms with Gasteiger partial charge in [-0.3, -0.25) is 0 Å². The number of aromatic nitrogens is 1. The molecule has 0 aliphatic rings. The molecule has 0 aliphatic heterocycles. The molecule has 0 spiro atoms. The molecule has 0 unspecified atom stereocenters. The zero-order valence-corrected chi connectivity index (χ0v) is 9.99. The van der Waals surface area contributed by atoms with Crippen LogP contribution < -0.4 is 10.1 Å². The van der Waals surface area contributed by atoms with E-state index in [1.54, 1.807) is 7.05 Å². The van der Waals surface area contributed by atoms with E-state index < -0.39 is 11.7 Å². The molecule has 2 rings (SSSR count). The summed E-state index contributed by atoms with van der Waals surface area (Å²) in [6.45, 7) is 0.438. The maximum Gasteiger partial charge on any atom is 0.419 e. The van der Waals surface area contributed by atoms with Gasteiger partial charge in [-0.15, -0.1) is 0 Å². The second kappa shape index (κ2) is 5.31. The van der Waals surface area contributed by atoms with Crippen molar-refractivity contribution in [2.24, 2.45) is 0 Å². The van der Waals surface area contributed by atoms with Gasteiger partial charge in [0, 0.05) is 6.54 Å². The summed E-state index contributed by atoms with van der Waals surface area (Å²) in [6.07, 6.45) is -3.39. The molecule has 102 valence electrons. The lowest BCUT2D eigenvalue weighted by Gasteiger charge is -2.10. The maximum atomic E-state index is 12.7. The molecule has 1 aromatic heterocycles. The molecule has 0 saturated heterocycles. The zero-order valence-electron chi connectivity index (χ0n) is 9.99. The smallest absolute Gasteiger partial charge is 0.417 e. The van der Waals surface area contributed by atoms with Crippen LogP contribution in [0.25, 0.3) is 0 Å². The van der Waals surface area contributed by atoms with Crippen LogP contribution in [-0.2, 0) is 12.7 Å². The first-order valence-corrected chi connectivity index (χ1v) is 5.44. The number of para-hydroxylation sites is 1. The number of halogens is 3. The molecule has 0 radical (unpaired) electrons. The van der Waals surface area contributed by atoms with Crippen LogP contribution >= 0.6 is 0 Å². The van der Waals surface area contributed by atoms with Crippen LogP contribution in [0.2, 0.25) is 0 Å². The predicted molar refractivity (Wildman–Crippen MR) is 60.8 cm³/mol. The van der Waals surface area contributed by atoms with Gasteiger partial charge < -0.3 is 14.5 Å². The Labute approximate surface area is 107 Å². The van der Waals surface area contributed by atoms with Crippen LogP contribution in [-0.4, -0.2) is 12.0 Å². The van der Waals surface area contributed by atoms with Gasteiger partial charge in [-0.1, -0.05) is 12.1 Å². The molecule has 2 aromatic rings. The highest BCUT2D eigenvalue weighted by atomic mass is 19.4. The SMILES string of the molecule is CNCc1coc(Oc2ccccc2C(F)(F)F)n1. The van der Waals surface area contributed by atoms with Crippen molar-refractivity contribution in [2.75, 3.05) is 7.05 Å². The van der Waals surface area contributed by atoms with Crippen LogP contribution in [0, 0.1) is 0 Å². The number of ether oxygens (including phenoxy) is 1. The second-order valence-electron chi connectivity index (χ2n) is 3.73. The fourth-order valence-electron chi connectivity index (χ4n) is 1.48. The molecule has 0 aliphatic carbocycles. The third kappa shape index (κ3) is 3.25. The summed E-state index contributed by atoms with van der Waals surface area (Å²) in [6, 6.07) is 4.89. The van der Waals surface area contributed by atoms with E-state index in [0.29, 0.717) is 12.2 Å². The standard InChI is InChI=1S/C12H11F3N2O2/c1-16-6-8-7-18-11(17-8)19-10-5-3-2-4-9(10)12(13,14)15/h2-5,7,16H,6H2,1H3. The quantitative estimate of drug-likeness (QED) is 0.928. The number of nitrogens with one attached hydrogen (secondary N) is 1. The van der Waals surface area contributed by atoms with Crippen molar-refractivity contribution >= 4 is 0 Å². The van der Waals surface area contributed by atoms with Crippen LogP contribution in [0.3, 0.4) is 0 Å². The van der Waals surface area contributed by atoms with Crippen LogP contribution in [0.4, 0.5) is 13.2 Å². The van der Waals surface area contributed by atoms with Crippen molar-refractivity contribution in [1.82, 2.24) is 10.3 Å². The topological polar surface area (TPSA) is 47.3 Å². The minimum absolute atomic E-state index is 0.220. The molecule has 0 fully saturated rings. The number of oxazole rings is 1. The lowest BCUT2D eigenvalue weighted by molar-refractivity contribution is -0.138. The van der Waals surface area contributed by atoms with E-state index >= 15 is 0 Å². The van der Waals surface area contributed by atoms with E-state index in [1.807, 2.05) is 0 Å². The Morgan fingerprint density at radius 1 is 1.32 bits per heavy atom. The van der Waals surface area contributed by atoms with E-state index in [1.165, 1.54) is 24.5 Å². The molecular formula is C12H11F3N2O2. The highest BCUT2D eigenvalue weighted by molar-refractivity contribution is 5.36. The van der Waals surface area contributed by atoms with Crippen molar-refractivity contribution in [2.45, 2.75) is 12.7 Å². The zero-order chi connectivity index (χ0) is 13.9. The van der Waals surface area contributed by atoms with E-state index in [4.69, 9.17) is 9.15 Å². The molecule has 4 nitrogen and oxygen atoms in total. The normalized spacial score (nSPS) is 11.6. The molecule has 0 saturated carbocycles. The lowest BCUT2D eigenvalue weighted by atomic mass is 10.2. The molecule has 0 bridgehead atoms. The van der Waals surface area contributed by atoms with Crippen LogP contribution in [0.1, 0.15) is 11.3 Å². The largest absolute Gasteiger partial charge is 0.419 e. The van der Waals surface area contributed by atoms with Gasteiger partial charge in [0.05, 0.1) is 11.3 Å². The fourth-order valence-corrected chi connectivity index (χ4v) is 1.48. The molecule has 1 heterocycles. The maximum absolute atomic E-state index is 12.7. The Hall–Kier alpha value is -2.02. The molecule has 7 heteroatoms. The summed E-state index contributed by atoms with van der Waals surface area (Å²) in [5.74, 6) is -0.340.